The van der Waals surface area contributed by atoms with Crippen LogP contribution in [0.2, 0.25) is 0 Å². The van der Waals surface area contributed by atoms with Gasteiger partial charge in [0.2, 0.25) is 0 Å². The molecule has 1 N–H and O–H groups in total. The molecule has 1 atom stereocenters. The van der Waals surface area contributed by atoms with Gasteiger partial charge >= 0.3 is 0 Å². The van der Waals surface area contributed by atoms with Crippen LogP contribution in [-0.4, -0.2) is 21.6 Å². The van der Waals surface area contributed by atoms with Crippen molar-refractivity contribution in [3.05, 3.63) is 64.0 Å². The Kier molecular flexibility index (Phi) is 7.18. The summed E-state index contributed by atoms with van der Waals surface area (Å²) in [5.74, 6) is 1.47. The molecule has 1 aromatic carbocycles. The van der Waals surface area contributed by atoms with Gasteiger partial charge in [-0.1, -0.05) is 37.6 Å². The molecule has 0 aliphatic heterocycles. The lowest BCUT2D eigenvalue weighted by molar-refractivity contribution is -0.115. The van der Waals surface area contributed by atoms with Gasteiger partial charge in [-0.2, -0.15) is 0 Å². The van der Waals surface area contributed by atoms with E-state index in [4.69, 9.17) is 0 Å². The van der Waals surface area contributed by atoms with Crippen molar-refractivity contribution < 1.29 is 9.90 Å². The number of allylic oxidation sites excluding steroid dienone is 2. The number of Topliss-reactive ketones (excluding diaryl/α,β-unsaturated/α-hetero) is 1. The summed E-state index contributed by atoms with van der Waals surface area (Å²) in [7, 11) is 0. The first kappa shape index (κ1) is 21.6. The molecule has 1 aromatic heterocycles. The number of nitrogens with zero attached hydrogens (tertiary/aromatic N) is 1. The van der Waals surface area contributed by atoms with Crippen molar-refractivity contribution in [3.8, 4) is 0 Å². The van der Waals surface area contributed by atoms with Crippen molar-refractivity contribution in [3.63, 3.8) is 0 Å². The standard InChI is InChI=1S/C25H31NO2S/c1-5-19-12-16(3)13-20(6-2)23(19)24-21(27)14-18(15-22(24)28)9-11-29-25-17(4)8-7-10-26-25/h7-8,10,12-13,18,27H,5-6,9,11,14-15H2,1-4H3. The fraction of sp³-hybridized carbons (Fsp3) is 0.440. The highest BCUT2D eigenvalue weighted by Crippen LogP contribution is 2.38. The number of ketones is 1. The van der Waals surface area contributed by atoms with Crippen molar-refractivity contribution >= 4 is 23.1 Å². The van der Waals surface area contributed by atoms with E-state index < -0.39 is 0 Å². The molecule has 1 heterocycles. The second-order valence-corrected chi connectivity index (χ2v) is 9.03. The zero-order valence-corrected chi connectivity index (χ0v) is 18.7. The minimum absolute atomic E-state index is 0.0889. The summed E-state index contributed by atoms with van der Waals surface area (Å²) in [5.41, 5.74) is 6.28. The molecule has 3 nitrogen and oxygen atoms in total. The van der Waals surface area contributed by atoms with E-state index in [2.05, 4.69) is 50.9 Å². The number of rotatable bonds is 7. The zero-order valence-electron chi connectivity index (χ0n) is 17.9. The maximum absolute atomic E-state index is 13.1. The molecule has 1 aliphatic rings. The van der Waals surface area contributed by atoms with E-state index >= 15 is 0 Å². The summed E-state index contributed by atoms with van der Waals surface area (Å²) in [6.07, 6.45) is 5.54. The van der Waals surface area contributed by atoms with Gasteiger partial charge in [0.05, 0.1) is 10.6 Å². The van der Waals surface area contributed by atoms with E-state index in [0.717, 1.165) is 46.7 Å². The number of hydrogen-bond acceptors (Lipinski definition) is 4. The quantitative estimate of drug-likeness (QED) is 0.549. The zero-order chi connectivity index (χ0) is 21.0. The predicted octanol–water partition coefficient (Wildman–Crippen LogP) is 6.25. The number of thioether (sulfide) groups is 1. The Balaban J connectivity index is 1.77. The van der Waals surface area contributed by atoms with Crippen LogP contribution in [0.5, 0.6) is 0 Å². The number of aromatic nitrogens is 1. The molecule has 1 unspecified atom stereocenters. The van der Waals surface area contributed by atoms with E-state index in [1.165, 1.54) is 11.1 Å². The molecule has 1 aliphatic carbocycles. The van der Waals surface area contributed by atoms with Crippen LogP contribution in [0.1, 0.15) is 60.9 Å². The molecule has 0 spiro atoms. The third-order valence-corrected chi connectivity index (χ3v) is 6.85. The lowest BCUT2D eigenvalue weighted by atomic mass is 9.79. The van der Waals surface area contributed by atoms with Gasteiger partial charge in [-0.3, -0.25) is 4.79 Å². The summed E-state index contributed by atoms with van der Waals surface area (Å²) in [6, 6.07) is 8.32. The Bertz CT molecular complexity index is 907. The van der Waals surface area contributed by atoms with Crippen molar-refractivity contribution in [2.24, 2.45) is 5.92 Å². The summed E-state index contributed by atoms with van der Waals surface area (Å²) < 4.78 is 0. The first-order valence-corrected chi connectivity index (χ1v) is 11.6. The van der Waals surface area contributed by atoms with Crippen LogP contribution in [0.3, 0.4) is 0 Å². The smallest absolute Gasteiger partial charge is 0.167 e. The maximum Gasteiger partial charge on any atom is 0.167 e. The van der Waals surface area contributed by atoms with Crippen LogP contribution in [0.25, 0.3) is 5.57 Å². The van der Waals surface area contributed by atoms with E-state index in [1.54, 1.807) is 11.8 Å². The highest BCUT2D eigenvalue weighted by molar-refractivity contribution is 7.99. The number of hydrogen-bond donors (Lipinski definition) is 1. The van der Waals surface area contributed by atoms with E-state index in [9.17, 15) is 9.90 Å². The first-order chi connectivity index (χ1) is 13.9. The molecule has 0 fully saturated rings. The lowest BCUT2D eigenvalue weighted by Crippen LogP contribution is -2.21. The van der Waals surface area contributed by atoms with Crippen molar-refractivity contribution in [1.82, 2.24) is 4.98 Å². The Hall–Kier alpha value is -2.07. The molecule has 154 valence electrons. The Labute approximate surface area is 178 Å². The van der Waals surface area contributed by atoms with Crippen LogP contribution in [0.4, 0.5) is 0 Å². The van der Waals surface area contributed by atoms with Crippen LogP contribution in [-0.2, 0) is 17.6 Å². The third kappa shape index (κ3) is 4.92. The fourth-order valence-corrected chi connectivity index (χ4v) is 5.30. The van der Waals surface area contributed by atoms with Crippen LogP contribution in [0.15, 0.2) is 41.2 Å². The number of aliphatic hydroxyl groups is 1. The van der Waals surface area contributed by atoms with E-state index in [-0.39, 0.29) is 17.5 Å². The predicted molar refractivity (Wildman–Crippen MR) is 122 cm³/mol. The molecule has 2 aromatic rings. The highest BCUT2D eigenvalue weighted by Gasteiger charge is 2.30. The molecule has 3 rings (SSSR count). The monoisotopic (exact) mass is 409 g/mol. The fourth-order valence-electron chi connectivity index (χ4n) is 4.23. The third-order valence-electron chi connectivity index (χ3n) is 5.71. The number of aliphatic hydroxyl groups excluding tert-OH is 1. The van der Waals surface area contributed by atoms with Crippen LogP contribution in [0, 0.1) is 19.8 Å². The molecule has 0 amide bonds. The van der Waals surface area contributed by atoms with E-state index in [0.29, 0.717) is 18.4 Å². The van der Waals surface area contributed by atoms with Gasteiger partial charge in [0.25, 0.3) is 0 Å². The lowest BCUT2D eigenvalue weighted by Gasteiger charge is -2.26. The molecule has 0 radical (unpaired) electrons. The SMILES string of the molecule is CCc1cc(C)cc(CC)c1C1=C(O)CC(CCSc2ncccc2C)CC1=O. The van der Waals surface area contributed by atoms with Gasteiger partial charge in [-0.05, 0) is 73.1 Å². The maximum atomic E-state index is 13.1. The first-order valence-electron chi connectivity index (χ1n) is 10.6. The molecular formula is C25H31NO2S. The summed E-state index contributed by atoms with van der Waals surface area (Å²) in [6.45, 7) is 8.39. The minimum Gasteiger partial charge on any atom is -0.512 e. The second-order valence-electron chi connectivity index (χ2n) is 7.95. The number of aryl methyl sites for hydroxylation is 4. The summed E-state index contributed by atoms with van der Waals surface area (Å²) in [4.78, 5) is 17.5. The van der Waals surface area contributed by atoms with Gasteiger partial charge in [0.1, 0.15) is 5.76 Å². The summed E-state index contributed by atoms with van der Waals surface area (Å²) >= 11 is 1.73. The topological polar surface area (TPSA) is 50.2 Å². The van der Waals surface area contributed by atoms with Crippen molar-refractivity contribution in [2.75, 3.05) is 5.75 Å². The Morgan fingerprint density at radius 1 is 1.14 bits per heavy atom. The Morgan fingerprint density at radius 2 is 1.83 bits per heavy atom. The molecule has 0 bridgehead atoms. The van der Waals surface area contributed by atoms with Gasteiger partial charge in [0.15, 0.2) is 5.78 Å². The number of carbonyl (C=O) groups excluding carboxylic acids is 1. The number of pyridine rings is 1. The summed E-state index contributed by atoms with van der Waals surface area (Å²) in [5, 5.41) is 11.9. The van der Waals surface area contributed by atoms with Crippen molar-refractivity contribution in [2.45, 2.75) is 64.8 Å². The number of benzene rings is 1. The molecule has 0 saturated heterocycles. The molecule has 4 heteroatoms. The highest BCUT2D eigenvalue weighted by atomic mass is 32.2. The van der Waals surface area contributed by atoms with Gasteiger partial charge < -0.3 is 5.11 Å². The molecular weight excluding hydrogens is 378 g/mol. The van der Waals surface area contributed by atoms with Gasteiger partial charge in [0, 0.05) is 19.0 Å². The van der Waals surface area contributed by atoms with Crippen LogP contribution >= 0.6 is 11.8 Å². The van der Waals surface area contributed by atoms with E-state index in [1.807, 2.05) is 12.3 Å². The average Bonchev–Trinajstić information content (AvgIpc) is 2.69. The van der Waals surface area contributed by atoms with Gasteiger partial charge in [-0.25, -0.2) is 4.98 Å². The minimum atomic E-state index is 0.0889. The molecule has 0 saturated carbocycles. The normalized spacial score (nSPS) is 17.1. The number of carbonyl (C=O) groups is 1. The average molecular weight is 410 g/mol. The largest absolute Gasteiger partial charge is 0.512 e. The second kappa shape index (κ2) is 9.62. The van der Waals surface area contributed by atoms with Crippen LogP contribution < -0.4 is 0 Å². The Morgan fingerprint density at radius 3 is 2.41 bits per heavy atom. The van der Waals surface area contributed by atoms with Crippen molar-refractivity contribution in [1.29, 1.82) is 0 Å². The molecule has 29 heavy (non-hydrogen) atoms. The van der Waals surface area contributed by atoms with Gasteiger partial charge in [-0.15, -0.1) is 11.8 Å².